The average molecular weight is 315 g/mol. The van der Waals surface area contributed by atoms with Crippen molar-refractivity contribution in [2.24, 2.45) is 7.05 Å². The highest BCUT2D eigenvalue weighted by atomic mass is 35.5. The minimum absolute atomic E-state index is 0.0904. The van der Waals surface area contributed by atoms with Gasteiger partial charge in [0, 0.05) is 36.1 Å². The first-order chi connectivity index (χ1) is 10.6. The summed E-state index contributed by atoms with van der Waals surface area (Å²) < 4.78 is 2.02. The van der Waals surface area contributed by atoms with Gasteiger partial charge in [-0.3, -0.25) is 4.79 Å². The van der Waals surface area contributed by atoms with Crippen LogP contribution < -0.4 is 5.32 Å². The summed E-state index contributed by atoms with van der Waals surface area (Å²) in [4.78, 5) is 20.0. The number of halogens is 1. The molecule has 6 heteroatoms. The molecule has 0 saturated heterocycles. The van der Waals surface area contributed by atoms with Crippen LogP contribution in [0, 0.1) is 0 Å². The van der Waals surface area contributed by atoms with E-state index in [1.54, 1.807) is 13.1 Å². The van der Waals surface area contributed by atoms with Crippen LogP contribution in [-0.2, 0) is 11.8 Å². The topological polar surface area (TPSA) is 59.8 Å². The molecule has 0 atom stereocenters. The van der Waals surface area contributed by atoms with Crippen LogP contribution in [-0.4, -0.2) is 20.4 Å². The first-order valence-corrected chi connectivity index (χ1v) is 7.34. The molecule has 2 aromatic heterocycles. The zero-order valence-electron chi connectivity index (χ0n) is 12.3. The molecule has 2 heterocycles. The maximum absolute atomic E-state index is 11.7. The number of aryl methyl sites for hydroxylation is 1. The molecule has 0 unspecified atom stereocenters. The fourth-order valence-corrected chi connectivity index (χ4v) is 2.56. The minimum Gasteiger partial charge on any atom is -0.350 e. The lowest BCUT2D eigenvalue weighted by atomic mass is 10.1. The third-order valence-electron chi connectivity index (χ3n) is 3.51. The number of anilines is 1. The number of rotatable bonds is 3. The highest BCUT2D eigenvalue weighted by Gasteiger charge is 2.16. The Kier molecular flexibility index (Phi) is 3.81. The van der Waals surface area contributed by atoms with Gasteiger partial charge in [-0.2, -0.15) is 0 Å². The molecular formula is C16H15ClN4O. The summed E-state index contributed by atoms with van der Waals surface area (Å²) in [7, 11) is 1.97. The Morgan fingerprint density at radius 2 is 2.14 bits per heavy atom. The molecule has 0 bridgehead atoms. The number of carbonyl (C=O) groups excluding carboxylic acids is 1. The van der Waals surface area contributed by atoms with Gasteiger partial charge in [-0.1, -0.05) is 25.1 Å². The molecule has 5 nitrogen and oxygen atoms in total. The second kappa shape index (κ2) is 5.77. The fraction of sp³-hybridized carbons (Fsp3) is 0.188. The Balaban J connectivity index is 2.21. The van der Waals surface area contributed by atoms with Gasteiger partial charge in [-0.15, -0.1) is 0 Å². The lowest BCUT2D eigenvalue weighted by Gasteiger charge is -2.09. The number of hydrogen-bond donors (Lipinski definition) is 1. The smallest absolute Gasteiger partial charge is 0.224 e. The highest BCUT2D eigenvalue weighted by Crippen LogP contribution is 2.33. The SMILES string of the molecule is CCC(=O)Nc1cnc(Cl)nc1-c1cn(C)c2ccccc12. The van der Waals surface area contributed by atoms with Crippen LogP contribution in [0.1, 0.15) is 13.3 Å². The lowest BCUT2D eigenvalue weighted by Crippen LogP contribution is -2.11. The molecule has 1 aromatic carbocycles. The number of fused-ring (bicyclic) bond motifs is 1. The van der Waals surface area contributed by atoms with Gasteiger partial charge in [0.1, 0.15) is 5.69 Å². The van der Waals surface area contributed by atoms with Gasteiger partial charge < -0.3 is 9.88 Å². The van der Waals surface area contributed by atoms with Crippen LogP contribution in [0.25, 0.3) is 22.2 Å². The van der Waals surface area contributed by atoms with Crippen molar-refractivity contribution in [3.05, 3.63) is 41.9 Å². The maximum atomic E-state index is 11.7. The molecule has 0 spiro atoms. The van der Waals surface area contributed by atoms with E-state index in [0.717, 1.165) is 16.5 Å². The monoisotopic (exact) mass is 314 g/mol. The molecule has 3 aromatic rings. The quantitative estimate of drug-likeness (QED) is 0.751. The van der Waals surface area contributed by atoms with E-state index >= 15 is 0 Å². The molecule has 1 amide bonds. The lowest BCUT2D eigenvalue weighted by molar-refractivity contribution is -0.115. The summed E-state index contributed by atoms with van der Waals surface area (Å²) in [5, 5.41) is 4.03. The van der Waals surface area contributed by atoms with E-state index in [2.05, 4.69) is 15.3 Å². The van der Waals surface area contributed by atoms with Gasteiger partial charge in [0.05, 0.1) is 11.9 Å². The van der Waals surface area contributed by atoms with Crippen molar-refractivity contribution in [1.29, 1.82) is 0 Å². The van der Waals surface area contributed by atoms with Gasteiger partial charge >= 0.3 is 0 Å². The number of aromatic nitrogens is 3. The van der Waals surface area contributed by atoms with Crippen molar-refractivity contribution < 1.29 is 4.79 Å². The molecular weight excluding hydrogens is 300 g/mol. The number of amides is 1. The number of carbonyl (C=O) groups is 1. The molecule has 3 rings (SSSR count). The van der Waals surface area contributed by atoms with E-state index in [0.29, 0.717) is 17.8 Å². The molecule has 0 saturated carbocycles. The summed E-state index contributed by atoms with van der Waals surface area (Å²) in [5.41, 5.74) is 3.18. The Morgan fingerprint density at radius 1 is 1.36 bits per heavy atom. The third-order valence-corrected chi connectivity index (χ3v) is 3.69. The highest BCUT2D eigenvalue weighted by molar-refractivity contribution is 6.28. The van der Waals surface area contributed by atoms with E-state index < -0.39 is 0 Å². The molecule has 0 aliphatic carbocycles. The molecule has 0 fully saturated rings. The molecule has 22 heavy (non-hydrogen) atoms. The van der Waals surface area contributed by atoms with Crippen LogP contribution in [0.5, 0.6) is 0 Å². The van der Waals surface area contributed by atoms with Crippen molar-refractivity contribution in [1.82, 2.24) is 14.5 Å². The summed E-state index contributed by atoms with van der Waals surface area (Å²) in [6.45, 7) is 1.80. The molecule has 0 aliphatic heterocycles. The average Bonchev–Trinajstić information content (AvgIpc) is 2.86. The van der Waals surface area contributed by atoms with Gasteiger partial charge in [0.2, 0.25) is 11.2 Å². The van der Waals surface area contributed by atoms with Crippen LogP contribution >= 0.6 is 11.6 Å². The number of para-hydroxylation sites is 1. The van der Waals surface area contributed by atoms with Crippen LogP contribution in [0.15, 0.2) is 36.7 Å². The number of hydrogen-bond acceptors (Lipinski definition) is 3. The minimum atomic E-state index is -0.0904. The molecule has 0 radical (unpaired) electrons. The van der Waals surface area contributed by atoms with Crippen molar-refractivity contribution >= 4 is 34.1 Å². The molecule has 1 N–H and O–H groups in total. The number of benzene rings is 1. The standard InChI is InChI=1S/C16H15ClN4O/c1-3-14(22)19-12-8-18-16(17)20-15(12)11-9-21(2)13-7-5-4-6-10(11)13/h4-9H,3H2,1-2H3,(H,19,22). The Labute approximate surface area is 133 Å². The zero-order chi connectivity index (χ0) is 15.7. The van der Waals surface area contributed by atoms with Crippen molar-refractivity contribution in [3.8, 4) is 11.3 Å². The Morgan fingerprint density at radius 3 is 2.91 bits per heavy atom. The second-order valence-electron chi connectivity index (χ2n) is 4.97. The Bertz CT molecular complexity index is 856. The van der Waals surface area contributed by atoms with Gasteiger partial charge in [-0.05, 0) is 17.7 Å². The van der Waals surface area contributed by atoms with Gasteiger partial charge in [0.25, 0.3) is 0 Å². The number of nitrogens with one attached hydrogen (secondary N) is 1. The van der Waals surface area contributed by atoms with E-state index in [1.165, 1.54) is 0 Å². The fourth-order valence-electron chi connectivity index (χ4n) is 2.43. The normalized spacial score (nSPS) is 10.9. The van der Waals surface area contributed by atoms with Crippen molar-refractivity contribution in [2.75, 3.05) is 5.32 Å². The largest absolute Gasteiger partial charge is 0.350 e. The predicted molar refractivity (Wildman–Crippen MR) is 87.9 cm³/mol. The van der Waals surface area contributed by atoms with Crippen LogP contribution in [0.2, 0.25) is 5.28 Å². The second-order valence-corrected chi connectivity index (χ2v) is 5.31. The third kappa shape index (κ3) is 2.55. The van der Waals surface area contributed by atoms with Gasteiger partial charge in [-0.25, -0.2) is 9.97 Å². The first kappa shape index (κ1) is 14.5. The summed E-state index contributed by atoms with van der Waals surface area (Å²) in [6.07, 6.45) is 3.91. The summed E-state index contributed by atoms with van der Waals surface area (Å²) >= 11 is 5.95. The van der Waals surface area contributed by atoms with Crippen molar-refractivity contribution in [3.63, 3.8) is 0 Å². The van der Waals surface area contributed by atoms with E-state index in [4.69, 9.17) is 11.6 Å². The van der Waals surface area contributed by atoms with E-state index in [-0.39, 0.29) is 11.2 Å². The maximum Gasteiger partial charge on any atom is 0.224 e. The van der Waals surface area contributed by atoms with E-state index in [1.807, 2.05) is 42.1 Å². The predicted octanol–water partition coefficient (Wildman–Crippen LogP) is 3.64. The molecule has 0 aliphatic rings. The zero-order valence-corrected chi connectivity index (χ0v) is 13.1. The van der Waals surface area contributed by atoms with Crippen LogP contribution in [0.4, 0.5) is 5.69 Å². The number of nitrogens with zero attached hydrogens (tertiary/aromatic N) is 3. The first-order valence-electron chi connectivity index (χ1n) is 6.97. The van der Waals surface area contributed by atoms with E-state index in [9.17, 15) is 4.79 Å². The summed E-state index contributed by atoms with van der Waals surface area (Å²) in [6, 6.07) is 8.01. The van der Waals surface area contributed by atoms with Gasteiger partial charge in [0.15, 0.2) is 0 Å². The Hall–Kier alpha value is -2.40. The summed E-state index contributed by atoms with van der Waals surface area (Å²) in [5.74, 6) is -0.0904. The molecule has 112 valence electrons. The van der Waals surface area contributed by atoms with Crippen LogP contribution in [0.3, 0.4) is 0 Å². The van der Waals surface area contributed by atoms with Crippen molar-refractivity contribution in [2.45, 2.75) is 13.3 Å².